The summed E-state index contributed by atoms with van der Waals surface area (Å²) in [7, 11) is 1.40. The van der Waals surface area contributed by atoms with Gasteiger partial charge in [-0.2, -0.15) is 28.1 Å². The molecule has 1 unspecified atom stereocenters. The van der Waals surface area contributed by atoms with Crippen LogP contribution in [0.4, 0.5) is 0 Å². The monoisotopic (exact) mass is 298 g/mol. The highest BCUT2D eigenvalue weighted by atomic mass is 32.2. The maximum absolute atomic E-state index is 11.2. The summed E-state index contributed by atoms with van der Waals surface area (Å²) in [6.07, 6.45) is 0. The lowest BCUT2D eigenvalue weighted by Crippen LogP contribution is -2.14. The number of aromatic nitrogens is 2. The van der Waals surface area contributed by atoms with E-state index in [2.05, 4.69) is 14.9 Å². The molecule has 0 aliphatic heterocycles. The first-order valence-corrected chi connectivity index (χ1v) is 7.81. The van der Waals surface area contributed by atoms with Crippen molar-refractivity contribution in [3.8, 4) is 11.5 Å². The minimum Gasteiger partial charge on any atom is -0.469 e. The summed E-state index contributed by atoms with van der Waals surface area (Å²) in [6, 6.07) is 1.94. The summed E-state index contributed by atoms with van der Waals surface area (Å²) in [5, 5.41) is 7.84. The molecule has 0 amide bonds. The van der Waals surface area contributed by atoms with Crippen molar-refractivity contribution in [3.63, 3.8) is 0 Å². The van der Waals surface area contributed by atoms with Gasteiger partial charge >= 0.3 is 5.97 Å². The van der Waals surface area contributed by atoms with Crippen LogP contribution in [0.5, 0.6) is 0 Å². The third kappa shape index (κ3) is 3.81. The van der Waals surface area contributed by atoms with Crippen LogP contribution < -0.4 is 0 Å². The molecule has 2 rings (SSSR count). The van der Waals surface area contributed by atoms with Crippen LogP contribution in [0.3, 0.4) is 0 Å². The molecule has 0 N–H and O–H groups in total. The third-order valence-corrected chi connectivity index (χ3v) is 4.32. The van der Waals surface area contributed by atoms with E-state index in [4.69, 9.17) is 4.52 Å². The lowest BCUT2D eigenvalue weighted by Gasteiger charge is -2.06. The average molecular weight is 298 g/mol. The Morgan fingerprint density at radius 3 is 3.16 bits per heavy atom. The van der Waals surface area contributed by atoms with Crippen molar-refractivity contribution in [3.05, 3.63) is 22.7 Å². The van der Waals surface area contributed by atoms with Crippen LogP contribution in [0.15, 0.2) is 21.3 Å². The Kier molecular flexibility index (Phi) is 4.98. The third-order valence-electron chi connectivity index (χ3n) is 2.44. The van der Waals surface area contributed by atoms with Crippen LogP contribution in [0.2, 0.25) is 0 Å². The largest absolute Gasteiger partial charge is 0.469 e. The van der Waals surface area contributed by atoms with E-state index >= 15 is 0 Å². The molecule has 0 saturated carbocycles. The molecular formula is C12H14N2O3S2. The van der Waals surface area contributed by atoms with Gasteiger partial charge in [-0.25, -0.2) is 0 Å². The number of carbonyl (C=O) groups is 1. The Morgan fingerprint density at radius 1 is 1.63 bits per heavy atom. The maximum atomic E-state index is 11.2. The average Bonchev–Trinajstić information content (AvgIpc) is 3.07. The highest BCUT2D eigenvalue weighted by Crippen LogP contribution is 2.21. The number of esters is 1. The van der Waals surface area contributed by atoms with Crippen molar-refractivity contribution in [1.82, 2.24) is 10.1 Å². The molecule has 0 bridgehead atoms. The summed E-state index contributed by atoms with van der Waals surface area (Å²) < 4.78 is 9.84. The summed E-state index contributed by atoms with van der Waals surface area (Å²) >= 11 is 3.17. The molecule has 2 heterocycles. The number of methoxy groups -OCH3 is 1. The van der Waals surface area contributed by atoms with E-state index in [1.807, 2.05) is 23.8 Å². The van der Waals surface area contributed by atoms with Gasteiger partial charge in [0.15, 0.2) is 5.82 Å². The molecule has 102 valence electrons. The molecule has 19 heavy (non-hydrogen) atoms. The van der Waals surface area contributed by atoms with E-state index in [1.54, 1.807) is 23.1 Å². The van der Waals surface area contributed by atoms with Gasteiger partial charge in [-0.1, -0.05) is 12.1 Å². The van der Waals surface area contributed by atoms with Gasteiger partial charge in [-0.05, 0) is 11.4 Å². The van der Waals surface area contributed by atoms with Crippen molar-refractivity contribution in [2.45, 2.75) is 12.7 Å². The van der Waals surface area contributed by atoms with Crippen LogP contribution in [0, 0.1) is 5.92 Å². The SMILES string of the molecule is COC(=O)C(C)CSCc1noc(-c2ccsc2)n1. The normalized spacial score (nSPS) is 12.3. The molecule has 0 radical (unpaired) electrons. The number of thioether (sulfide) groups is 1. The number of thiophene rings is 1. The zero-order valence-electron chi connectivity index (χ0n) is 10.7. The summed E-state index contributed by atoms with van der Waals surface area (Å²) in [5.41, 5.74) is 0.941. The van der Waals surface area contributed by atoms with E-state index in [0.717, 1.165) is 5.56 Å². The molecule has 2 aromatic rings. The smallest absolute Gasteiger partial charge is 0.309 e. The first-order valence-electron chi connectivity index (χ1n) is 5.71. The van der Waals surface area contributed by atoms with E-state index in [1.165, 1.54) is 7.11 Å². The molecular weight excluding hydrogens is 284 g/mol. The van der Waals surface area contributed by atoms with Crippen molar-refractivity contribution < 1.29 is 14.1 Å². The van der Waals surface area contributed by atoms with Gasteiger partial charge in [-0.15, -0.1) is 0 Å². The number of ether oxygens (including phenoxy) is 1. The van der Waals surface area contributed by atoms with Gasteiger partial charge in [0.25, 0.3) is 5.89 Å². The van der Waals surface area contributed by atoms with Gasteiger partial charge in [0, 0.05) is 11.1 Å². The van der Waals surface area contributed by atoms with Crippen LogP contribution in [0.1, 0.15) is 12.7 Å². The van der Waals surface area contributed by atoms with Gasteiger partial charge in [0.05, 0.1) is 24.3 Å². The molecule has 7 heteroatoms. The standard InChI is InChI=1S/C12H14N2O3S2/c1-8(12(15)16-2)5-19-7-10-13-11(17-14-10)9-3-4-18-6-9/h3-4,6,8H,5,7H2,1-2H3. The Bertz CT molecular complexity index is 525. The Balaban J connectivity index is 1.83. The van der Waals surface area contributed by atoms with E-state index in [9.17, 15) is 4.79 Å². The van der Waals surface area contributed by atoms with Gasteiger partial charge in [0.2, 0.25) is 0 Å². The van der Waals surface area contributed by atoms with Crippen LogP contribution in [-0.2, 0) is 15.3 Å². The van der Waals surface area contributed by atoms with E-state index in [0.29, 0.717) is 23.2 Å². The van der Waals surface area contributed by atoms with Gasteiger partial charge in [-0.3, -0.25) is 4.79 Å². The lowest BCUT2D eigenvalue weighted by atomic mass is 10.2. The molecule has 0 aromatic carbocycles. The van der Waals surface area contributed by atoms with Crippen LogP contribution in [-0.4, -0.2) is 29.0 Å². The van der Waals surface area contributed by atoms with E-state index in [-0.39, 0.29) is 11.9 Å². The van der Waals surface area contributed by atoms with Crippen LogP contribution in [0.25, 0.3) is 11.5 Å². The molecule has 0 spiro atoms. The van der Waals surface area contributed by atoms with Gasteiger partial charge in [0.1, 0.15) is 0 Å². The fourth-order valence-corrected chi connectivity index (χ4v) is 2.95. The molecule has 5 nitrogen and oxygen atoms in total. The number of rotatable bonds is 6. The number of hydrogen-bond acceptors (Lipinski definition) is 7. The topological polar surface area (TPSA) is 65.2 Å². The first-order chi connectivity index (χ1) is 9.20. The second-order valence-electron chi connectivity index (χ2n) is 3.97. The maximum Gasteiger partial charge on any atom is 0.309 e. The van der Waals surface area contributed by atoms with Crippen molar-refractivity contribution in [2.24, 2.45) is 5.92 Å². The minimum absolute atomic E-state index is 0.127. The number of carbonyl (C=O) groups excluding carboxylic acids is 1. The molecule has 2 aromatic heterocycles. The predicted molar refractivity (Wildman–Crippen MR) is 75.0 cm³/mol. The Morgan fingerprint density at radius 2 is 2.47 bits per heavy atom. The fraction of sp³-hybridized carbons (Fsp3) is 0.417. The summed E-state index contributed by atoms with van der Waals surface area (Å²) in [4.78, 5) is 15.5. The Labute approximate surface area is 119 Å². The molecule has 1 atom stereocenters. The first kappa shape index (κ1) is 14.1. The van der Waals surface area contributed by atoms with Crippen LogP contribution >= 0.6 is 23.1 Å². The summed E-state index contributed by atoms with van der Waals surface area (Å²) in [5.74, 6) is 2.16. The lowest BCUT2D eigenvalue weighted by molar-refractivity contribution is -0.143. The second kappa shape index (κ2) is 6.72. The molecule has 0 aliphatic rings. The van der Waals surface area contributed by atoms with Crippen molar-refractivity contribution in [2.75, 3.05) is 12.9 Å². The number of hydrogen-bond donors (Lipinski definition) is 0. The predicted octanol–water partition coefficient (Wildman–Crippen LogP) is 2.84. The summed E-state index contributed by atoms with van der Waals surface area (Å²) in [6.45, 7) is 1.84. The quantitative estimate of drug-likeness (QED) is 0.764. The van der Waals surface area contributed by atoms with Crippen molar-refractivity contribution >= 4 is 29.1 Å². The molecule has 0 aliphatic carbocycles. The van der Waals surface area contributed by atoms with Crippen molar-refractivity contribution in [1.29, 1.82) is 0 Å². The second-order valence-corrected chi connectivity index (χ2v) is 5.78. The van der Waals surface area contributed by atoms with E-state index < -0.39 is 0 Å². The zero-order chi connectivity index (χ0) is 13.7. The number of nitrogens with zero attached hydrogens (tertiary/aromatic N) is 2. The fourth-order valence-electron chi connectivity index (χ4n) is 1.41. The minimum atomic E-state index is -0.195. The highest BCUT2D eigenvalue weighted by Gasteiger charge is 2.14. The Hall–Kier alpha value is -1.34. The molecule has 0 saturated heterocycles. The van der Waals surface area contributed by atoms with Gasteiger partial charge < -0.3 is 9.26 Å². The zero-order valence-corrected chi connectivity index (χ0v) is 12.3. The molecule has 0 fully saturated rings. The highest BCUT2D eigenvalue weighted by molar-refractivity contribution is 7.98.